The van der Waals surface area contributed by atoms with Gasteiger partial charge in [0.1, 0.15) is 48.1 Å². The number of hydrogen-bond donors (Lipinski definition) is 8. The third kappa shape index (κ3) is 24.5. The smallest absolute Gasteiger partial charge is 0.407 e. The summed E-state index contributed by atoms with van der Waals surface area (Å²) >= 11 is 0. The van der Waals surface area contributed by atoms with E-state index >= 15 is 0 Å². The van der Waals surface area contributed by atoms with Crippen molar-refractivity contribution in [3.8, 4) is 0 Å². The van der Waals surface area contributed by atoms with Crippen molar-refractivity contribution in [2.75, 3.05) is 85.1 Å². The molecule has 0 saturated heterocycles. The number of rotatable bonds is 28. The van der Waals surface area contributed by atoms with Crippen molar-refractivity contribution in [3.05, 3.63) is 187 Å². The fourth-order valence-corrected chi connectivity index (χ4v) is 11.1. The maximum absolute atomic E-state index is 14.4. The molecule has 0 radical (unpaired) electrons. The Kier molecular flexibility index (Phi) is 30.5. The number of pyridine rings is 2. The van der Waals surface area contributed by atoms with Gasteiger partial charge < -0.3 is 57.8 Å². The molecule has 2 aromatic heterocycles. The van der Waals surface area contributed by atoms with Gasteiger partial charge >= 0.3 is 6.09 Å². The molecule has 0 saturated carbocycles. The number of ether oxygens (including phenoxy) is 1. The summed E-state index contributed by atoms with van der Waals surface area (Å²) in [4.78, 5) is 147. The standard InChI is InChI=1S/C71H97N13O13/c1-51-56-29-32-59(82(67(56)90)94-48-52-20-10-7-11-21-52)64(87)76-39-45-81(47-41-78-66(89)61-34-31-58(63(86)75-38-44-80(42-35-72)43-37-74-51)69(92)84(61)96-50-54-24-14-9-15-25-54)46-40-77-65(88)60-33-30-57(68(91)83(60)95-49-53-22-12-8-13-23-53)62(85)28-17-6-5-16-26-55(73)27-18-19-36-79-70(93)97-71(2,3)4/h7-15,20-25,30-34,51,55-56,74H,5-6,16-19,26-29,35-50,72-73H2,1-4H3,(H,75,86)(H,76,87)(H,77,88)(H,78,89)(H,79,93). The third-order valence-electron chi connectivity index (χ3n) is 16.4. The van der Waals surface area contributed by atoms with Crippen LogP contribution in [0.5, 0.6) is 0 Å². The van der Waals surface area contributed by atoms with Gasteiger partial charge in [-0.25, -0.2) is 4.79 Å². The van der Waals surface area contributed by atoms with Crippen LogP contribution in [0.25, 0.3) is 0 Å². The molecule has 3 unspecified atom stereocenters. The molecule has 7 heterocycles. The second-order valence-electron chi connectivity index (χ2n) is 25.1. The summed E-state index contributed by atoms with van der Waals surface area (Å²) in [6.07, 6.45) is 7.83. The fourth-order valence-electron chi connectivity index (χ4n) is 11.1. The molecule has 26 heteroatoms. The zero-order valence-corrected chi connectivity index (χ0v) is 56.4. The van der Waals surface area contributed by atoms with Crippen LogP contribution in [0, 0.1) is 5.92 Å². The zero-order chi connectivity index (χ0) is 69.5. The van der Waals surface area contributed by atoms with Crippen molar-refractivity contribution >= 4 is 41.4 Å². The van der Waals surface area contributed by atoms with Gasteiger partial charge in [0.2, 0.25) is 0 Å². The third-order valence-corrected chi connectivity index (χ3v) is 16.4. The first-order valence-corrected chi connectivity index (χ1v) is 33.6. The van der Waals surface area contributed by atoms with Crippen LogP contribution in [-0.2, 0) is 39.0 Å². The van der Waals surface area contributed by atoms with Crippen molar-refractivity contribution in [3.63, 3.8) is 0 Å². The second kappa shape index (κ2) is 39.2. The van der Waals surface area contributed by atoms with Gasteiger partial charge in [0, 0.05) is 104 Å². The van der Waals surface area contributed by atoms with Crippen LogP contribution in [-0.4, -0.2) is 169 Å². The highest BCUT2D eigenvalue weighted by Gasteiger charge is 2.38. The van der Waals surface area contributed by atoms with Gasteiger partial charge in [-0.15, -0.1) is 9.46 Å². The van der Waals surface area contributed by atoms with E-state index in [2.05, 4.69) is 31.9 Å². The van der Waals surface area contributed by atoms with E-state index in [0.717, 1.165) is 65.0 Å². The Morgan fingerprint density at radius 1 is 0.598 bits per heavy atom. The van der Waals surface area contributed by atoms with Crippen LogP contribution >= 0.6 is 0 Å². The lowest BCUT2D eigenvalue weighted by molar-refractivity contribution is -0.188. The number of carbonyl (C=O) groups excluding carboxylic acids is 7. The Bertz CT molecular complexity index is 3530. The molecule has 0 aliphatic carbocycles. The average molecular weight is 1340 g/mol. The monoisotopic (exact) mass is 1340 g/mol. The normalized spacial score (nSPS) is 16.9. The molecule has 5 aliphatic heterocycles. The fraction of sp³-hybridized carbons (Fsp3) is 0.479. The molecule has 10 N–H and O–H groups in total. The number of aromatic nitrogens is 2. The molecule has 0 fully saturated rings. The first kappa shape index (κ1) is 75.3. The Labute approximate surface area is 567 Å². The second-order valence-corrected chi connectivity index (χ2v) is 25.1. The number of hydroxylamine groups is 2. The Morgan fingerprint density at radius 2 is 1.15 bits per heavy atom. The van der Waals surface area contributed by atoms with Crippen molar-refractivity contribution < 1.29 is 52.8 Å². The summed E-state index contributed by atoms with van der Waals surface area (Å²) in [6, 6.07) is 32.3. The van der Waals surface area contributed by atoms with E-state index in [1.54, 1.807) is 54.6 Å². The van der Waals surface area contributed by atoms with E-state index in [4.69, 9.17) is 30.7 Å². The maximum Gasteiger partial charge on any atom is 0.407 e. The minimum atomic E-state index is -0.857. The van der Waals surface area contributed by atoms with E-state index in [0.29, 0.717) is 56.8 Å². The number of benzene rings is 3. The van der Waals surface area contributed by atoms with Crippen LogP contribution in [0.15, 0.2) is 137 Å². The number of nitrogens with zero attached hydrogens (tertiary/aromatic N) is 5. The molecule has 4 bridgehead atoms. The summed E-state index contributed by atoms with van der Waals surface area (Å²) in [5.41, 5.74) is 11.6. The number of ketones is 1. The number of amides is 6. The lowest BCUT2D eigenvalue weighted by Crippen LogP contribution is -2.51. The number of Topliss-reactive ketones (excluding diaryl/α,β-unsaturated/α-hetero) is 1. The highest BCUT2D eigenvalue weighted by atomic mass is 16.7. The zero-order valence-electron chi connectivity index (χ0n) is 56.4. The predicted molar refractivity (Wildman–Crippen MR) is 367 cm³/mol. The van der Waals surface area contributed by atoms with Gasteiger partial charge in [-0.05, 0) is 101 Å². The number of allylic oxidation sites excluding steroid dienone is 1. The Morgan fingerprint density at radius 3 is 1.77 bits per heavy atom. The van der Waals surface area contributed by atoms with Gasteiger partial charge in [-0.1, -0.05) is 123 Å². The van der Waals surface area contributed by atoms with Gasteiger partial charge in [0.15, 0.2) is 5.78 Å². The largest absolute Gasteiger partial charge is 0.444 e. The highest BCUT2D eigenvalue weighted by molar-refractivity contribution is 5.99. The van der Waals surface area contributed by atoms with Crippen molar-refractivity contribution in [2.24, 2.45) is 17.4 Å². The number of unbranched alkanes of at least 4 members (excludes halogenated alkanes) is 4. The summed E-state index contributed by atoms with van der Waals surface area (Å²) in [7, 11) is 0. The molecule has 26 nitrogen and oxygen atoms in total. The van der Waals surface area contributed by atoms with Crippen LogP contribution in [0.3, 0.4) is 0 Å². The number of hydrogen-bond acceptors (Lipinski definition) is 18. The van der Waals surface area contributed by atoms with Crippen LogP contribution < -0.4 is 64.2 Å². The number of carbonyl (C=O) groups is 7. The Balaban J connectivity index is 1.05. The first-order valence-electron chi connectivity index (χ1n) is 33.6. The molecular weight excluding hydrogens is 1240 g/mol. The summed E-state index contributed by atoms with van der Waals surface area (Å²) < 4.78 is 6.94. The molecule has 97 heavy (non-hydrogen) atoms. The number of nitrogens with one attached hydrogen (secondary N) is 6. The topological polar surface area (TPSA) is 334 Å². The minimum Gasteiger partial charge on any atom is -0.444 e. The lowest BCUT2D eigenvalue weighted by Gasteiger charge is -2.34. The van der Waals surface area contributed by atoms with Crippen molar-refractivity contribution in [2.45, 2.75) is 129 Å². The predicted octanol–water partition coefficient (Wildman–Crippen LogP) is 4.24. The molecular formula is C71H97N13O13. The molecule has 3 atom stereocenters. The van der Waals surface area contributed by atoms with Crippen LogP contribution in [0.4, 0.5) is 4.79 Å². The molecule has 524 valence electrons. The maximum atomic E-state index is 14.4. The number of alkyl carbamates (subject to hydrolysis) is 1. The lowest BCUT2D eigenvalue weighted by atomic mass is 9.92. The molecule has 3 aromatic carbocycles. The minimum absolute atomic E-state index is 0.000864. The van der Waals surface area contributed by atoms with Crippen LogP contribution in [0.2, 0.25) is 0 Å². The molecule has 5 aromatic rings. The molecule has 6 amide bonds. The summed E-state index contributed by atoms with van der Waals surface area (Å²) in [5, 5.41) is 18.8. The van der Waals surface area contributed by atoms with Crippen molar-refractivity contribution in [1.29, 1.82) is 0 Å². The average Bonchev–Trinajstić information content (AvgIpc) is 0.825. The molecule has 0 spiro atoms. The van der Waals surface area contributed by atoms with Crippen molar-refractivity contribution in [1.82, 2.24) is 56.2 Å². The molecule has 10 rings (SSSR count). The van der Waals surface area contributed by atoms with E-state index < -0.39 is 64.0 Å². The highest BCUT2D eigenvalue weighted by Crippen LogP contribution is 2.26. The van der Waals surface area contributed by atoms with E-state index in [1.807, 2.05) is 80.0 Å². The van der Waals surface area contributed by atoms with Crippen LogP contribution in [0.1, 0.15) is 150 Å². The molecule has 5 aliphatic rings. The quantitative estimate of drug-likeness (QED) is 0.0256. The van der Waals surface area contributed by atoms with E-state index in [1.165, 1.54) is 24.3 Å². The van der Waals surface area contributed by atoms with Gasteiger partial charge in [-0.2, -0.15) is 5.06 Å². The van der Waals surface area contributed by atoms with E-state index in [-0.39, 0.29) is 119 Å². The number of nitrogens with two attached hydrogens (primary N) is 2. The first-order chi connectivity index (χ1) is 46.8. The SMILES string of the molecule is CC1NCCN(CCN)CCNC(=O)c2ccc(n(OCc3ccccc3)c2=O)C(=O)NCCN(CCNC(=O)c2ccc(C(=O)CCCCCCC(N)CCCCNC(=O)OC(C)(C)C)c(=O)n2OCc2ccccc2)CCNC(=O)C2=CCC1C(=O)N2OCc1ccccc1. The van der Waals surface area contributed by atoms with Gasteiger partial charge in [0.05, 0.1) is 11.5 Å². The summed E-state index contributed by atoms with van der Waals surface area (Å²) in [5.74, 6) is -4.06. The Hall–Kier alpha value is -9.05. The van der Waals surface area contributed by atoms with E-state index in [9.17, 15) is 43.2 Å². The van der Waals surface area contributed by atoms with Gasteiger partial charge in [0.25, 0.3) is 40.7 Å². The summed E-state index contributed by atoms with van der Waals surface area (Å²) in [6.45, 7) is 10.3. The van der Waals surface area contributed by atoms with Gasteiger partial charge in [-0.3, -0.25) is 53.0 Å².